The number of thioether (sulfide) groups is 1. The second-order valence-corrected chi connectivity index (χ2v) is 6.06. The van der Waals surface area contributed by atoms with Gasteiger partial charge in [0.05, 0.1) is 21.5 Å². The average molecular weight is 268 g/mol. The van der Waals surface area contributed by atoms with Crippen LogP contribution in [0.1, 0.15) is 6.92 Å². The molecule has 0 amide bonds. The number of hydrogen-bond donors (Lipinski definition) is 2. The van der Waals surface area contributed by atoms with Crippen molar-refractivity contribution in [2.75, 3.05) is 23.9 Å². The van der Waals surface area contributed by atoms with Gasteiger partial charge in [-0.05, 0) is 30.7 Å². The molecular weight excluding hydrogens is 252 g/mol. The minimum atomic E-state index is -0.688. The van der Waals surface area contributed by atoms with Gasteiger partial charge in [0.25, 0.3) is 0 Å². The molecule has 0 fully saturated rings. The fourth-order valence-corrected chi connectivity index (χ4v) is 3.23. The first-order valence-corrected chi connectivity index (χ1v) is 7.67. The predicted molar refractivity (Wildman–Crippen MR) is 77.1 cm³/mol. The Morgan fingerprint density at radius 1 is 1.53 bits per heavy atom. The fourth-order valence-electron chi connectivity index (χ4n) is 1.66. The highest BCUT2D eigenvalue weighted by atomic mass is 32.2. The molecule has 2 N–H and O–H groups in total. The highest BCUT2D eigenvalue weighted by Crippen LogP contribution is 2.27. The zero-order chi connectivity index (χ0) is 12.3. The van der Waals surface area contributed by atoms with E-state index in [0.717, 1.165) is 21.7 Å². The van der Waals surface area contributed by atoms with Gasteiger partial charge >= 0.3 is 0 Å². The molecule has 2 aromatic rings. The Morgan fingerprint density at radius 3 is 3.12 bits per heavy atom. The minimum absolute atomic E-state index is 0.546. The molecular formula is C12H16N2OS2. The van der Waals surface area contributed by atoms with Gasteiger partial charge in [-0.2, -0.15) is 11.8 Å². The van der Waals surface area contributed by atoms with Crippen molar-refractivity contribution in [1.29, 1.82) is 0 Å². The number of fused-ring (bicyclic) bond motifs is 1. The number of pyridine rings is 1. The molecule has 0 radical (unpaired) electrons. The molecule has 0 bridgehead atoms. The Morgan fingerprint density at radius 2 is 2.35 bits per heavy atom. The van der Waals surface area contributed by atoms with Crippen LogP contribution >= 0.6 is 23.1 Å². The number of nitrogens with zero attached hydrogens (tertiary/aromatic N) is 1. The van der Waals surface area contributed by atoms with Crippen molar-refractivity contribution in [2.24, 2.45) is 0 Å². The van der Waals surface area contributed by atoms with E-state index in [1.807, 2.05) is 30.7 Å². The number of rotatable bonds is 5. The molecule has 2 rings (SSSR count). The third-order valence-corrected chi connectivity index (χ3v) is 4.31. The summed E-state index contributed by atoms with van der Waals surface area (Å²) in [4.78, 5) is 4.29. The Labute approximate surface area is 109 Å². The van der Waals surface area contributed by atoms with Crippen LogP contribution in [0.15, 0.2) is 23.7 Å². The second kappa shape index (κ2) is 5.25. The Hall–Kier alpha value is -0.780. The molecule has 0 aliphatic rings. The van der Waals surface area contributed by atoms with Crippen molar-refractivity contribution < 1.29 is 5.11 Å². The number of hydrogen-bond acceptors (Lipinski definition) is 5. The van der Waals surface area contributed by atoms with Crippen LogP contribution < -0.4 is 5.32 Å². The van der Waals surface area contributed by atoms with E-state index in [0.29, 0.717) is 6.54 Å². The normalized spacial score (nSPS) is 14.8. The second-order valence-electron chi connectivity index (χ2n) is 4.28. The van der Waals surface area contributed by atoms with Gasteiger partial charge in [-0.25, -0.2) is 0 Å². The summed E-state index contributed by atoms with van der Waals surface area (Å²) in [7, 11) is 0. The molecule has 0 aliphatic carbocycles. The molecule has 92 valence electrons. The van der Waals surface area contributed by atoms with Crippen LogP contribution in [0.4, 0.5) is 5.69 Å². The van der Waals surface area contributed by atoms with E-state index in [-0.39, 0.29) is 0 Å². The van der Waals surface area contributed by atoms with E-state index < -0.39 is 5.60 Å². The van der Waals surface area contributed by atoms with Gasteiger partial charge in [0.15, 0.2) is 0 Å². The number of aromatic nitrogens is 1. The Bertz CT molecular complexity index is 496. The Balaban J connectivity index is 2.11. The quantitative estimate of drug-likeness (QED) is 0.875. The minimum Gasteiger partial charge on any atom is -0.387 e. The van der Waals surface area contributed by atoms with Gasteiger partial charge in [0.2, 0.25) is 0 Å². The van der Waals surface area contributed by atoms with E-state index in [9.17, 15) is 5.11 Å². The molecule has 0 spiro atoms. The summed E-state index contributed by atoms with van der Waals surface area (Å²) < 4.78 is 1.15. The molecule has 5 heteroatoms. The van der Waals surface area contributed by atoms with E-state index in [2.05, 4.69) is 10.3 Å². The summed E-state index contributed by atoms with van der Waals surface area (Å²) in [5, 5.41) is 15.4. The van der Waals surface area contributed by atoms with E-state index in [4.69, 9.17) is 0 Å². The van der Waals surface area contributed by atoms with Gasteiger partial charge in [-0.3, -0.25) is 4.98 Å². The number of nitrogens with one attached hydrogen (secondary N) is 1. The van der Waals surface area contributed by atoms with Gasteiger partial charge < -0.3 is 10.4 Å². The van der Waals surface area contributed by atoms with Crippen LogP contribution in [-0.4, -0.2) is 34.2 Å². The monoisotopic (exact) mass is 268 g/mol. The first kappa shape index (κ1) is 12.7. The van der Waals surface area contributed by atoms with Crippen LogP contribution in [0.2, 0.25) is 0 Å². The third-order valence-electron chi connectivity index (χ3n) is 2.46. The van der Waals surface area contributed by atoms with Crippen LogP contribution in [0.25, 0.3) is 10.2 Å². The summed E-state index contributed by atoms with van der Waals surface area (Å²) in [6.45, 7) is 2.40. The van der Waals surface area contributed by atoms with Crippen LogP contribution in [0.3, 0.4) is 0 Å². The maximum atomic E-state index is 10.1. The lowest BCUT2D eigenvalue weighted by Gasteiger charge is -2.23. The molecule has 2 heterocycles. The van der Waals surface area contributed by atoms with Crippen molar-refractivity contribution in [3.05, 3.63) is 23.7 Å². The molecule has 0 saturated carbocycles. The van der Waals surface area contributed by atoms with Crippen molar-refractivity contribution in [3.8, 4) is 0 Å². The summed E-state index contributed by atoms with van der Waals surface area (Å²) in [5.74, 6) is 0.721. The van der Waals surface area contributed by atoms with Crippen LogP contribution in [0.5, 0.6) is 0 Å². The summed E-state index contributed by atoms with van der Waals surface area (Å²) in [5.41, 5.74) is 1.36. The number of anilines is 1. The lowest BCUT2D eigenvalue weighted by molar-refractivity contribution is 0.0997. The van der Waals surface area contributed by atoms with Crippen molar-refractivity contribution >= 4 is 39.0 Å². The lowest BCUT2D eigenvalue weighted by atomic mass is 10.1. The predicted octanol–water partition coefficient (Wildman–Crippen LogP) is 2.82. The molecule has 2 aromatic heterocycles. The van der Waals surface area contributed by atoms with E-state index >= 15 is 0 Å². The van der Waals surface area contributed by atoms with Gasteiger partial charge in [0.1, 0.15) is 0 Å². The van der Waals surface area contributed by atoms with E-state index in [1.165, 1.54) is 0 Å². The van der Waals surface area contributed by atoms with Crippen molar-refractivity contribution in [1.82, 2.24) is 4.98 Å². The summed E-state index contributed by atoms with van der Waals surface area (Å²) in [6.07, 6.45) is 3.79. The SMILES string of the molecule is CSCC(C)(O)CNc1ccnc2ccsc12. The van der Waals surface area contributed by atoms with Gasteiger partial charge in [-0.1, -0.05) is 0 Å². The number of thiophene rings is 1. The molecule has 1 unspecified atom stereocenters. The van der Waals surface area contributed by atoms with E-state index in [1.54, 1.807) is 29.3 Å². The summed E-state index contributed by atoms with van der Waals surface area (Å²) in [6, 6.07) is 3.96. The molecule has 17 heavy (non-hydrogen) atoms. The smallest absolute Gasteiger partial charge is 0.0880 e. The highest BCUT2D eigenvalue weighted by Gasteiger charge is 2.19. The molecule has 3 nitrogen and oxygen atoms in total. The lowest BCUT2D eigenvalue weighted by Crippen LogP contribution is -2.36. The molecule has 0 aliphatic heterocycles. The maximum absolute atomic E-state index is 10.1. The zero-order valence-corrected chi connectivity index (χ0v) is 11.6. The first-order chi connectivity index (χ1) is 8.12. The van der Waals surface area contributed by atoms with Gasteiger partial charge in [-0.15, -0.1) is 11.3 Å². The largest absolute Gasteiger partial charge is 0.387 e. The first-order valence-electron chi connectivity index (χ1n) is 5.40. The average Bonchev–Trinajstić information content (AvgIpc) is 2.74. The maximum Gasteiger partial charge on any atom is 0.0880 e. The van der Waals surface area contributed by atoms with Crippen molar-refractivity contribution in [2.45, 2.75) is 12.5 Å². The molecule has 0 saturated heterocycles. The number of aliphatic hydroxyl groups is 1. The van der Waals surface area contributed by atoms with Gasteiger partial charge in [0, 0.05) is 18.5 Å². The molecule has 1 atom stereocenters. The highest BCUT2D eigenvalue weighted by molar-refractivity contribution is 7.98. The van der Waals surface area contributed by atoms with Crippen LogP contribution in [0, 0.1) is 0 Å². The zero-order valence-electron chi connectivity index (χ0n) is 9.93. The van der Waals surface area contributed by atoms with Crippen LogP contribution in [-0.2, 0) is 0 Å². The third kappa shape index (κ3) is 3.12. The molecule has 0 aromatic carbocycles. The fraction of sp³-hybridized carbons (Fsp3) is 0.417. The topological polar surface area (TPSA) is 45.1 Å². The Kier molecular flexibility index (Phi) is 3.91. The standard InChI is InChI=1S/C12H16N2OS2/c1-12(15,8-16-2)7-14-9-3-5-13-10-4-6-17-11(9)10/h3-6,15H,7-8H2,1-2H3,(H,13,14). The van der Waals surface area contributed by atoms with Crippen molar-refractivity contribution in [3.63, 3.8) is 0 Å². The summed E-state index contributed by atoms with van der Waals surface area (Å²) >= 11 is 3.32.